The Morgan fingerprint density at radius 2 is 1.69 bits per heavy atom. The van der Waals surface area contributed by atoms with E-state index in [-0.39, 0.29) is 5.78 Å². The molecule has 0 fully saturated rings. The minimum atomic E-state index is 0.0330. The third-order valence-electron chi connectivity index (χ3n) is 5.10. The number of fused-ring (bicyclic) bond motifs is 1. The van der Waals surface area contributed by atoms with Crippen LogP contribution in [0, 0.1) is 0 Å². The van der Waals surface area contributed by atoms with Gasteiger partial charge in [-0.25, -0.2) is 0 Å². The number of methoxy groups -OCH3 is 2. The summed E-state index contributed by atoms with van der Waals surface area (Å²) in [5, 5.41) is 0.988. The third-order valence-corrected chi connectivity index (χ3v) is 6.32. The number of carbonyl (C=O) groups excluding carboxylic acids is 1. The molecule has 0 unspecified atom stereocenters. The van der Waals surface area contributed by atoms with Crippen molar-refractivity contribution in [2.24, 2.45) is 0 Å². The second kappa shape index (κ2) is 8.10. The highest BCUT2D eigenvalue weighted by atomic mass is 32.1. The highest BCUT2D eigenvalue weighted by Gasteiger charge is 2.22. The van der Waals surface area contributed by atoms with Crippen LogP contribution in [0.25, 0.3) is 20.5 Å². The molecule has 0 spiro atoms. The maximum atomic E-state index is 13.6. The molecule has 3 nitrogen and oxygen atoms in total. The van der Waals surface area contributed by atoms with Crippen molar-refractivity contribution in [2.75, 3.05) is 14.2 Å². The molecule has 1 aromatic heterocycles. The van der Waals surface area contributed by atoms with Crippen molar-refractivity contribution in [2.45, 2.75) is 13.3 Å². The Balaban J connectivity index is 1.89. The Bertz CT molecular complexity index is 1170. The first-order chi connectivity index (χ1) is 14.2. The molecule has 4 aromatic rings. The van der Waals surface area contributed by atoms with Crippen LogP contribution in [0.1, 0.15) is 28.4 Å². The van der Waals surface area contributed by atoms with Gasteiger partial charge in [-0.1, -0.05) is 25.1 Å². The highest BCUT2D eigenvalue weighted by Crippen LogP contribution is 2.40. The number of ketones is 1. The summed E-state index contributed by atoms with van der Waals surface area (Å²) in [5.74, 6) is 1.64. The third kappa shape index (κ3) is 3.52. The van der Waals surface area contributed by atoms with Gasteiger partial charge in [0.05, 0.1) is 14.2 Å². The van der Waals surface area contributed by atoms with Crippen molar-refractivity contribution in [3.8, 4) is 21.9 Å². The monoisotopic (exact) mass is 402 g/mol. The Labute approximate surface area is 174 Å². The Hall–Kier alpha value is -3.11. The molecule has 1 heterocycles. The van der Waals surface area contributed by atoms with Crippen LogP contribution >= 0.6 is 11.3 Å². The molecule has 4 heteroatoms. The SMILES string of the molecule is CCc1cc(C(=O)c2c(-c3ccc(OC)cc3)sc3ccccc23)ccc1OC. The first kappa shape index (κ1) is 19.2. The molecule has 0 N–H and O–H groups in total. The van der Waals surface area contributed by atoms with Gasteiger partial charge in [0, 0.05) is 26.1 Å². The van der Waals surface area contributed by atoms with E-state index in [0.717, 1.165) is 49.6 Å². The van der Waals surface area contributed by atoms with E-state index in [0.29, 0.717) is 5.56 Å². The van der Waals surface area contributed by atoms with Gasteiger partial charge in [-0.2, -0.15) is 0 Å². The molecular weight excluding hydrogens is 380 g/mol. The van der Waals surface area contributed by atoms with E-state index in [1.54, 1.807) is 25.6 Å². The number of benzene rings is 3. The summed E-state index contributed by atoms with van der Waals surface area (Å²) in [5.41, 5.74) is 3.48. The summed E-state index contributed by atoms with van der Waals surface area (Å²) in [4.78, 5) is 14.6. The number of rotatable bonds is 6. The molecule has 0 radical (unpaired) electrons. The minimum Gasteiger partial charge on any atom is -0.497 e. The molecular formula is C25H22O3S. The van der Waals surface area contributed by atoms with E-state index in [1.165, 1.54) is 0 Å². The van der Waals surface area contributed by atoms with Gasteiger partial charge in [-0.15, -0.1) is 11.3 Å². The Kier molecular flexibility index (Phi) is 5.36. The van der Waals surface area contributed by atoms with Crippen molar-refractivity contribution in [3.63, 3.8) is 0 Å². The normalized spacial score (nSPS) is 10.9. The van der Waals surface area contributed by atoms with E-state index < -0.39 is 0 Å². The number of hydrogen-bond donors (Lipinski definition) is 0. The predicted octanol–water partition coefficient (Wildman–Crippen LogP) is 6.38. The quantitative estimate of drug-likeness (QED) is 0.351. The van der Waals surface area contributed by atoms with Crippen LogP contribution in [0.3, 0.4) is 0 Å². The van der Waals surface area contributed by atoms with Crippen LogP contribution in [-0.2, 0) is 6.42 Å². The number of hydrogen-bond acceptors (Lipinski definition) is 4. The van der Waals surface area contributed by atoms with Crippen LogP contribution in [0.5, 0.6) is 11.5 Å². The lowest BCUT2D eigenvalue weighted by atomic mass is 9.96. The first-order valence-corrected chi connectivity index (χ1v) is 10.4. The van der Waals surface area contributed by atoms with Crippen molar-refractivity contribution in [1.29, 1.82) is 0 Å². The van der Waals surface area contributed by atoms with Gasteiger partial charge in [-0.05, 0) is 66.1 Å². The summed E-state index contributed by atoms with van der Waals surface area (Å²) in [7, 11) is 3.31. The molecule has 0 aliphatic heterocycles. The zero-order valence-corrected chi connectivity index (χ0v) is 17.5. The maximum Gasteiger partial charge on any atom is 0.195 e. The summed E-state index contributed by atoms with van der Waals surface area (Å²) in [6, 6.07) is 21.6. The van der Waals surface area contributed by atoms with Crippen LogP contribution in [0.2, 0.25) is 0 Å². The summed E-state index contributed by atoms with van der Waals surface area (Å²) in [6.45, 7) is 2.06. The average molecular weight is 403 g/mol. The summed E-state index contributed by atoms with van der Waals surface area (Å²) >= 11 is 1.64. The number of aryl methyl sites for hydroxylation is 1. The number of thiophene rings is 1. The van der Waals surface area contributed by atoms with Gasteiger partial charge in [0.2, 0.25) is 0 Å². The predicted molar refractivity (Wildman–Crippen MR) is 120 cm³/mol. The lowest BCUT2D eigenvalue weighted by Crippen LogP contribution is -2.04. The van der Waals surface area contributed by atoms with Gasteiger partial charge in [-0.3, -0.25) is 4.79 Å². The molecule has 0 atom stereocenters. The van der Waals surface area contributed by atoms with Crippen LogP contribution in [0.15, 0.2) is 66.7 Å². The van der Waals surface area contributed by atoms with E-state index in [9.17, 15) is 4.79 Å². The van der Waals surface area contributed by atoms with Crippen molar-refractivity contribution >= 4 is 27.2 Å². The van der Waals surface area contributed by atoms with Crippen LogP contribution in [0.4, 0.5) is 0 Å². The molecule has 0 amide bonds. The standard InChI is InChI=1S/C25H22O3S/c1-4-16-15-18(11-14-21(16)28-3)24(26)23-20-7-5-6-8-22(20)29-25(23)17-9-12-19(27-2)13-10-17/h5-15H,4H2,1-3H3. The molecule has 0 aliphatic rings. The molecule has 146 valence electrons. The molecule has 0 bridgehead atoms. The second-order valence-corrected chi connectivity index (χ2v) is 7.79. The van der Waals surface area contributed by atoms with Gasteiger partial charge in [0.15, 0.2) is 5.78 Å². The Morgan fingerprint density at radius 1 is 0.931 bits per heavy atom. The molecule has 29 heavy (non-hydrogen) atoms. The fourth-order valence-corrected chi connectivity index (χ4v) is 4.76. The molecule has 0 saturated carbocycles. The fourth-order valence-electron chi connectivity index (χ4n) is 3.56. The van der Waals surface area contributed by atoms with E-state index in [1.807, 2.05) is 60.7 Å². The lowest BCUT2D eigenvalue weighted by molar-refractivity contribution is 0.104. The topological polar surface area (TPSA) is 35.5 Å². The largest absolute Gasteiger partial charge is 0.497 e. The maximum absolute atomic E-state index is 13.6. The lowest BCUT2D eigenvalue weighted by Gasteiger charge is -2.10. The van der Waals surface area contributed by atoms with Gasteiger partial charge >= 0.3 is 0 Å². The average Bonchev–Trinajstić information content (AvgIpc) is 3.17. The van der Waals surface area contributed by atoms with Gasteiger partial charge in [0.1, 0.15) is 11.5 Å². The van der Waals surface area contributed by atoms with Crippen LogP contribution in [-0.4, -0.2) is 20.0 Å². The smallest absolute Gasteiger partial charge is 0.195 e. The van der Waals surface area contributed by atoms with Gasteiger partial charge < -0.3 is 9.47 Å². The van der Waals surface area contributed by atoms with Crippen molar-refractivity contribution in [1.82, 2.24) is 0 Å². The summed E-state index contributed by atoms with van der Waals surface area (Å²) in [6.07, 6.45) is 0.806. The Morgan fingerprint density at radius 3 is 2.38 bits per heavy atom. The number of carbonyl (C=O) groups is 1. The zero-order valence-electron chi connectivity index (χ0n) is 16.7. The first-order valence-electron chi connectivity index (χ1n) is 9.53. The van der Waals surface area contributed by atoms with Crippen molar-refractivity contribution in [3.05, 3.63) is 83.4 Å². The van der Waals surface area contributed by atoms with E-state index >= 15 is 0 Å². The molecule has 0 saturated heterocycles. The fraction of sp³-hybridized carbons (Fsp3) is 0.160. The van der Waals surface area contributed by atoms with E-state index in [4.69, 9.17) is 9.47 Å². The second-order valence-electron chi connectivity index (χ2n) is 6.74. The highest BCUT2D eigenvalue weighted by molar-refractivity contribution is 7.22. The molecule has 3 aromatic carbocycles. The van der Waals surface area contributed by atoms with Crippen molar-refractivity contribution < 1.29 is 14.3 Å². The molecule has 4 rings (SSSR count). The molecule has 0 aliphatic carbocycles. The van der Waals surface area contributed by atoms with Gasteiger partial charge in [0.25, 0.3) is 0 Å². The zero-order chi connectivity index (χ0) is 20.4. The number of ether oxygens (including phenoxy) is 2. The van der Waals surface area contributed by atoms with Crippen LogP contribution < -0.4 is 9.47 Å². The minimum absolute atomic E-state index is 0.0330. The van der Waals surface area contributed by atoms with E-state index in [2.05, 4.69) is 13.0 Å². The summed E-state index contributed by atoms with van der Waals surface area (Å²) < 4.78 is 11.8.